The Morgan fingerprint density at radius 3 is 2.55 bits per heavy atom. The minimum absolute atomic E-state index is 0.139. The summed E-state index contributed by atoms with van der Waals surface area (Å²) in [6, 6.07) is 14.7. The zero-order chi connectivity index (χ0) is 20.5. The van der Waals surface area contributed by atoms with Gasteiger partial charge in [0.25, 0.3) is 5.91 Å². The van der Waals surface area contributed by atoms with Crippen LogP contribution < -0.4 is 15.0 Å². The van der Waals surface area contributed by atoms with Crippen molar-refractivity contribution < 1.29 is 14.3 Å². The van der Waals surface area contributed by atoms with Crippen LogP contribution >= 0.6 is 0 Å². The predicted molar refractivity (Wildman–Crippen MR) is 112 cm³/mol. The smallest absolute Gasteiger partial charge is 0.264 e. The molecule has 1 aliphatic heterocycles. The molecule has 0 radical (unpaired) electrons. The van der Waals surface area contributed by atoms with E-state index < -0.39 is 0 Å². The van der Waals surface area contributed by atoms with Crippen LogP contribution in [-0.2, 0) is 4.79 Å². The van der Waals surface area contributed by atoms with Gasteiger partial charge in [-0.15, -0.1) is 0 Å². The number of nitrogens with one attached hydrogen (secondary N) is 1. The first-order valence-electron chi connectivity index (χ1n) is 9.34. The van der Waals surface area contributed by atoms with Crippen molar-refractivity contribution in [1.82, 2.24) is 4.98 Å². The third-order valence-corrected chi connectivity index (χ3v) is 4.67. The number of ether oxygens (including phenoxy) is 1. The first-order valence-corrected chi connectivity index (χ1v) is 9.34. The number of benzene rings is 2. The highest BCUT2D eigenvalue weighted by atomic mass is 16.5. The van der Waals surface area contributed by atoms with E-state index >= 15 is 0 Å². The van der Waals surface area contributed by atoms with Crippen LogP contribution in [0.2, 0.25) is 0 Å². The van der Waals surface area contributed by atoms with Gasteiger partial charge in [0.05, 0.1) is 5.69 Å². The second kappa shape index (κ2) is 7.39. The van der Waals surface area contributed by atoms with Gasteiger partial charge in [-0.25, -0.2) is 4.98 Å². The number of aryl methyl sites for hydroxylation is 3. The molecule has 0 fully saturated rings. The summed E-state index contributed by atoms with van der Waals surface area (Å²) < 4.78 is 5.88. The summed E-state index contributed by atoms with van der Waals surface area (Å²) in [5, 5.41) is 2.89. The van der Waals surface area contributed by atoms with Gasteiger partial charge in [0.15, 0.2) is 5.75 Å². The number of hydrogen-bond donors (Lipinski definition) is 1. The highest BCUT2D eigenvalue weighted by Gasteiger charge is 2.30. The minimum Gasteiger partial charge on any atom is -0.436 e. The van der Waals surface area contributed by atoms with Crippen LogP contribution in [0.1, 0.15) is 27.0 Å². The van der Waals surface area contributed by atoms with Crippen LogP contribution in [0, 0.1) is 20.8 Å². The molecule has 29 heavy (non-hydrogen) atoms. The van der Waals surface area contributed by atoms with Gasteiger partial charge in [-0.05, 0) is 73.9 Å². The van der Waals surface area contributed by atoms with Crippen LogP contribution in [0.25, 0.3) is 0 Å². The topological polar surface area (TPSA) is 71.5 Å². The number of amides is 2. The fraction of sp³-hybridized carbons (Fsp3) is 0.174. The van der Waals surface area contributed by atoms with E-state index in [1.807, 2.05) is 51.1 Å². The van der Waals surface area contributed by atoms with Crippen molar-refractivity contribution in [3.63, 3.8) is 0 Å². The van der Waals surface area contributed by atoms with Gasteiger partial charge in [-0.2, -0.15) is 0 Å². The van der Waals surface area contributed by atoms with E-state index in [4.69, 9.17) is 4.74 Å². The maximum atomic E-state index is 13.2. The van der Waals surface area contributed by atoms with Crippen molar-refractivity contribution in [3.05, 3.63) is 77.0 Å². The van der Waals surface area contributed by atoms with E-state index in [0.717, 1.165) is 16.7 Å². The van der Waals surface area contributed by atoms with E-state index in [-0.39, 0.29) is 24.2 Å². The Morgan fingerprint density at radius 1 is 1.03 bits per heavy atom. The average Bonchev–Trinajstić information content (AvgIpc) is 2.77. The molecule has 3 aromatic rings. The lowest BCUT2D eigenvalue weighted by Gasteiger charge is -2.22. The third-order valence-electron chi connectivity index (χ3n) is 4.67. The number of nitrogens with zero attached hydrogens (tertiary/aromatic N) is 2. The molecular weight excluding hydrogens is 366 g/mol. The van der Waals surface area contributed by atoms with Crippen LogP contribution in [0.5, 0.6) is 11.6 Å². The van der Waals surface area contributed by atoms with Gasteiger partial charge in [-0.1, -0.05) is 12.1 Å². The van der Waals surface area contributed by atoms with Crippen molar-refractivity contribution in [2.45, 2.75) is 20.8 Å². The van der Waals surface area contributed by atoms with Crippen molar-refractivity contribution in [2.75, 3.05) is 16.8 Å². The maximum absolute atomic E-state index is 13.2. The summed E-state index contributed by atoms with van der Waals surface area (Å²) in [6.07, 6.45) is 1.57. The third kappa shape index (κ3) is 3.82. The number of carbonyl (C=O) groups excluding carboxylic acids is 2. The van der Waals surface area contributed by atoms with E-state index in [1.54, 1.807) is 24.4 Å². The molecule has 6 nitrogen and oxygen atoms in total. The lowest BCUT2D eigenvalue weighted by Crippen LogP contribution is -2.37. The molecule has 0 aliphatic carbocycles. The van der Waals surface area contributed by atoms with Gasteiger partial charge in [-0.3, -0.25) is 14.5 Å². The number of hydrogen-bond acceptors (Lipinski definition) is 4. The molecule has 2 amide bonds. The largest absolute Gasteiger partial charge is 0.436 e. The zero-order valence-corrected chi connectivity index (χ0v) is 16.5. The van der Waals surface area contributed by atoms with Gasteiger partial charge >= 0.3 is 0 Å². The molecular formula is C23H21N3O3. The molecule has 1 N–H and O–H groups in total. The Hall–Kier alpha value is -3.67. The normalized spacial score (nSPS) is 12.5. The Labute approximate surface area is 169 Å². The zero-order valence-electron chi connectivity index (χ0n) is 16.5. The minimum atomic E-state index is -0.326. The molecule has 146 valence electrons. The second-order valence-corrected chi connectivity index (χ2v) is 7.25. The molecule has 0 spiro atoms. The molecule has 4 rings (SSSR count). The number of carbonyl (C=O) groups is 2. The molecule has 0 unspecified atom stereocenters. The van der Waals surface area contributed by atoms with E-state index in [0.29, 0.717) is 22.7 Å². The maximum Gasteiger partial charge on any atom is 0.264 e. The summed E-state index contributed by atoms with van der Waals surface area (Å²) in [5.41, 5.74) is 4.64. The van der Waals surface area contributed by atoms with Crippen LogP contribution in [-0.4, -0.2) is 23.3 Å². The summed E-state index contributed by atoms with van der Waals surface area (Å²) in [4.78, 5) is 31.7. The van der Waals surface area contributed by atoms with Crippen molar-refractivity contribution >= 4 is 23.2 Å². The summed E-state index contributed by atoms with van der Waals surface area (Å²) in [7, 11) is 0. The van der Waals surface area contributed by atoms with Crippen LogP contribution in [0.15, 0.2) is 54.7 Å². The number of pyridine rings is 1. The number of rotatable bonds is 3. The van der Waals surface area contributed by atoms with Crippen molar-refractivity contribution in [2.24, 2.45) is 0 Å². The Morgan fingerprint density at radius 2 is 1.79 bits per heavy atom. The van der Waals surface area contributed by atoms with Gasteiger partial charge < -0.3 is 10.1 Å². The summed E-state index contributed by atoms with van der Waals surface area (Å²) in [5.74, 6) is 0.108. The van der Waals surface area contributed by atoms with Gasteiger partial charge in [0.1, 0.15) is 12.1 Å². The van der Waals surface area contributed by atoms with E-state index in [2.05, 4.69) is 10.3 Å². The molecule has 1 aromatic heterocycles. The lowest BCUT2D eigenvalue weighted by atomic mass is 10.1. The van der Waals surface area contributed by atoms with Crippen LogP contribution in [0.4, 0.5) is 11.4 Å². The van der Waals surface area contributed by atoms with Crippen LogP contribution in [0.3, 0.4) is 0 Å². The fourth-order valence-corrected chi connectivity index (χ4v) is 3.47. The first-order chi connectivity index (χ1) is 13.9. The molecule has 0 atom stereocenters. The first kappa shape index (κ1) is 18.7. The van der Waals surface area contributed by atoms with E-state index in [9.17, 15) is 9.59 Å². The monoisotopic (exact) mass is 387 g/mol. The fourth-order valence-electron chi connectivity index (χ4n) is 3.47. The Balaban J connectivity index is 1.68. The quantitative estimate of drug-likeness (QED) is 0.723. The molecule has 6 heteroatoms. The number of fused-ring (bicyclic) bond motifs is 2. The van der Waals surface area contributed by atoms with Gasteiger partial charge in [0, 0.05) is 11.9 Å². The summed E-state index contributed by atoms with van der Waals surface area (Å²) >= 11 is 0. The lowest BCUT2D eigenvalue weighted by molar-refractivity contribution is -0.114. The van der Waals surface area contributed by atoms with Gasteiger partial charge in [0.2, 0.25) is 11.8 Å². The molecule has 2 aromatic carbocycles. The molecule has 0 bridgehead atoms. The van der Waals surface area contributed by atoms with Crippen molar-refractivity contribution in [1.29, 1.82) is 0 Å². The number of anilines is 2. The standard InChI is InChI=1S/C23H21N3O3/c1-14-6-7-20-19(12-14)26(23(28)18-5-4-8-24-22(18)29-20)13-21(27)25-17-10-15(2)9-16(3)11-17/h4-12H,13H2,1-3H3,(H,25,27). The average molecular weight is 387 g/mol. The molecule has 0 saturated carbocycles. The Kier molecular flexibility index (Phi) is 4.76. The number of aromatic nitrogens is 1. The van der Waals surface area contributed by atoms with Crippen molar-refractivity contribution in [3.8, 4) is 11.6 Å². The highest BCUT2D eigenvalue weighted by Crippen LogP contribution is 2.38. The molecule has 0 saturated heterocycles. The summed E-state index contributed by atoms with van der Waals surface area (Å²) in [6.45, 7) is 5.73. The highest BCUT2D eigenvalue weighted by molar-refractivity contribution is 6.12. The SMILES string of the molecule is Cc1cc(C)cc(NC(=O)CN2C(=O)c3cccnc3Oc3ccc(C)cc32)c1. The Bertz CT molecular complexity index is 1100. The molecule has 2 heterocycles. The second-order valence-electron chi connectivity index (χ2n) is 7.25. The molecule has 1 aliphatic rings. The van der Waals surface area contributed by atoms with E-state index in [1.165, 1.54) is 4.90 Å². The predicted octanol–water partition coefficient (Wildman–Crippen LogP) is 4.40.